The van der Waals surface area contributed by atoms with Crippen LogP contribution in [0.1, 0.15) is 42.5 Å². The van der Waals surface area contributed by atoms with Gasteiger partial charge >= 0.3 is 0 Å². The fourth-order valence-corrected chi connectivity index (χ4v) is 2.98. The Morgan fingerprint density at radius 2 is 1.18 bits per heavy atom. The van der Waals surface area contributed by atoms with Gasteiger partial charge in [0.15, 0.2) is 0 Å². The zero-order valence-electron chi connectivity index (χ0n) is 21.2. The summed E-state index contributed by atoms with van der Waals surface area (Å²) in [6.07, 6.45) is 2.58. The molecule has 0 amide bonds. The molecule has 174 valence electrons. The van der Waals surface area contributed by atoms with Crippen molar-refractivity contribution in [3.63, 3.8) is 0 Å². The lowest BCUT2D eigenvalue weighted by atomic mass is 9.97. The van der Waals surface area contributed by atoms with Crippen molar-refractivity contribution in [1.29, 1.82) is 0 Å². The van der Waals surface area contributed by atoms with E-state index in [-0.39, 0.29) is 0 Å². The van der Waals surface area contributed by atoms with Crippen molar-refractivity contribution in [2.24, 2.45) is 0 Å². The molecule has 1 heteroatoms. The molecule has 0 aromatic heterocycles. The lowest BCUT2D eigenvalue weighted by Crippen LogP contribution is -1.95. The third-order valence-corrected chi connectivity index (χ3v) is 4.81. The molecule has 34 heavy (non-hydrogen) atoms. The number of allylic oxidation sites excluding steroid dienone is 4. The number of aryl methyl sites for hydroxylation is 3. The summed E-state index contributed by atoms with van der Waals surface area (Å²) in [5.74, 6) is 6.16. The molecular formula is C33H36S. The molecule has 0 aliphatic carbocycles. The van der Waals surface area contributed by atoms with Crippen molar-refractivity contribution in [3.8, 4) is 11.8 Å². The van der Waals surface area contributed by atoms with Crippen LogP contribution in [0.5, 0.6) is 0 Å². The van der Waals surface area contributed by atoms with Gasteiger partial charge in [0.2, 0.25) is 0 Å². The maximum Gasteiger partial charge on any atom is 0.0248 e. The van der Waals surface area contributed by atoms with Gasteiger partial charge in [-0.15, -0.1) is 0 Å². The molecular weight excluding hydrogens is 428 g/mol. The van der Waals surface area contributed by atoms with Gasteiger partial charge in [0.05, 0.1) is 0 Å². The average Bonchev–Trinajstić information content (AvgIpc) is 2.80. The molecule has 0 aliphatic heterocycles. The Morgan fingerprint density at radius 1 is 0.735 bits per heavy atom. The number of benzene rings is 3. The van der Waals surface area contributed by atoms with E-state index in [4.69, 9.17) is 12.2 Å². The molecule has 0 N–H and O–H groups in total. The van der Waals surface area contributed by atoms with Crippen LogP contribution in [-0.2, 0) is 0 Å². The summed E-state index contributed by atoms with van der Waals surface area (Å²) in [6, 6.07) is 28.6. The number of hydrogen-bond acceptors (Lipinski definition) is 1. The summed E-state index contributed by atoms with van der Waals surface area (Å²) in [4.78, 5) is 0.924. The lowest BCUT2D eigenvalue weighted by molar-refractivity contribution is 1.27. The Morgan fingerprint density at radius 3 is 1.56 bits per heavy atom. The zero-order chi connectivity index (χ0) is 25.3. The van der Waals surface area contributed by atoms with Crippen LogP contribution in [0.4, 0.5) is 0 Å². The minimum Gasteiger partial charge on any atom is -0.0955 e. The van der Waals surface area contributed by atoms with E-state index in [0.29, 0.717) is 6.42 Å². The van der Waals surface area contributed by atoms with Gasteiger partial charge in [0.25, 0.3) is 0 Å². The van der Waals surface area contributed by atoms with E-state index in [0.717, 1.165) is 27.1 Å². The van der Waals surface area contributed by atoms with Gasteiger partial charge in [-0.05, 0) is 68.8 Å². The van der Waals surface area contributed by atoms with Gasteiger partial charge < -0.3 is 0 Å². The van der Waals surface area contributed by atoms with E-state index in [1.807, 2.05) is 68.5 Å². The van der Waals surface area contributed by atoms with Crippen LogP contribution in [0.2, 0.25) is 0 Å². The first kappa shape index (κ1) is 28.6. The average molecular weight is 465 g/mol. The van der Waals surface area contributed by atoms with Crippen molar-refractivity contribution < 1.29 is 0 Å². The molecule has 3 aromatic rings. The normalized spacial score (nSPS) is 9.74. The third-order valence-electron chi connectivity index (χ3n) is 4.67. The van der Waals surface area contributed by atoms with Crippen LogP contribution >= 0.6 is 12.2 Å². The second kappa shape index (κ2) is 16.2. The molecule has 3 rings (SSSR count). The highest BCUT2D eigenvalue weighted by molar-refractivity contribution is 7.80. The van der Waals surface area contributed by atoms with Crippen LogP contribution in [0.25, 0.3) is 0 Å². The first-order chi connectivity index (χ1) is 16.2. The Kier molecular flexibility index (Phi) is 13.6. The molecule has 0 fully saturated rings. The molecule has 0 aliphatic rings. The molecule has 0 saturated carbocycles. The fourth-order valence-electron chi connectivity index (χ4n) is 2.81. The number of hydrogen-bond donors (Lipinski definition) is 0. The quantitative estimate of drug-likeness (QED) is 0.211. The van der Waals surface area contributed by atoms with Crippen LogP contribution in [0.15, 0.2) is 121 Å². The largest absolute Gasteiger partial charge is 0.0955 e. The van der Waals surface area contributed by atoms with E-state index >= 15 is 0 Å². The van der Waals surface area contributed by atoms with Crippen LogP contribution in [0.3, 0.4) is 0 Å². The maximum atomic E-state index is 5.11. The smallest absolute Gasteiger partial charge is 0.0248 e. The molecule has 0 unspecified atom stereocenters. The van der Waals surface area contributed by atoms with Gasteiger partial charge in [-0.3, -0.25) is 0 Å². The predicted octanol–water partition coefficient (Wildman–Crippen LogP) is 9.18. The summed E-state index contributed by atoms with van der Waals surface area (Å²) in [7, 11) is 0. The van der Waals surface area contributed by atoms with Gasteiger partial charge in [0, 0.05) is 12.0 Å². The van der Waals surface area contributed by atoms with Crippen molar-refractivity contribution in [1.82, 2.24) is 0 Å². The minimum absolute atomic E-state index is 0.709. The Balaban J connectivity index is 0.000000312. The summed E-state index contributed by atoms with van der Waals surface area (Å²) in [6.45, 7) is 18.2. The molecule has 0 atom stereocenters. The summed E-state index contributed by atoms with van der Waals surface area (Å²) < 4.78 is 0. The van der Waals surface area contributed by atoms with E-state index < -0.39 is 0 Å². The first-order valence-corrected chi connectivity index (χ1v) is 11.7. The van der Waals surface area contributed by atoms with Gasteiger partial charge in [-0.2, -0.15) is 0 Å². The minimum atomic E-state index is 0.709. The molecule has 0 radical (unpaired) electrons. The number of thiocarbonyl (C=S) groups is 1. The second-order valence-corrected chi connectivity index (χ2v) is 8.96. The van der Waals surface area contributed by atoms with Crippen LogP contribution in [-0.4, -0.2) is 4.86 Å². The summed E-state index contributed by atoms with van der Waals surface area (Å²) >= 11 is 5.11. The topological polar surface area (TPSA) is 0 Å². The maximum absolute atomic E-state index is 5.11. The molecule has 0 heterocycles. The van der Waals surface area contributed by atoms with Gasteiger partial charge in [-0.1, -0.05) is 132 Å². The van der Waals surface area contributed by atoms with Gasteiger partial charge in [-0.25, -0.2) is 0 Å². The van der Waals surface area contributed by atoms with E-state index in [9.17, 15) is 0 Å². The van der Waals surface area contributed by atoms with E-state index in [1.54, 1.807) is 0 Å². The Bertz CT molecular complexity index is 1110. The SMILES string of the molecule is C=C(C)/C(=C\C#Cc1ccccc1)C(=C)CC(C)=S.Cc1ccc(C)cc1.Cc1ccccc1. The molecule has 0 nitrogen and oxygen atoms in total. The highest BCUT2D eigenvalue weighted by Gasteiger charge is 2.03. The lowest BCUT2D eigenvalue weighted by Gasteiger charge is -2.08. The standard InChI is InChI=1S/C18H18S.C8H10.C7H8/c1-14(2)18(15(3)13-16(4)19)12-8-11-17-9-6-5-7-10-17;1-7-3-5-8(2)6-4-7;1-7-5-3-2-4-6-7/h5-7,9-10,12H,1,3,13H2,2,4H3;3-6H,1-2H3;2-6H,1H3/b18-12+;;. The molecule has 0 bridgehead atoms. The Labute approximate surface area is 212 Å². The fraction of sp³-hybridized carbons (Fsp3) is 0.182. The van der Waals surface area contributed by atoms with Gasteiger partial charge in [0.1, 0.15) is 0 Å². The zero-order valence-corrected chi connectivity index (χ0v) is 22.0. The van der Waals surface area contributed by atoms with Crippen LogP contribution in [0, 0.1) is 32.6 Å². The molecule has 3 aromatic carbocycles. The van der Waals surface area contributed by atoms with Crippen molar-refractivity contribution in [2.45, 2.75) is 41.0 Å². The Hall–Kier alpha value is -3.47. The van der Waals surface area contributed by atoms with Crippen molar-refractivity contribution >= 4 is 17.1 Å². The van der Waals surface area contributed by atoms with E-state index in [2.05, 4.69) is 82.2 Å². The summed E-state index contributed by atoms with van der Waals surface area (Å²) in [5.41, 5.74) is 7.91. The first-order valence-electron chi connectivity index (χ1n) is 11.3. The van der Waals surface area contributed by atoms with Crippen LogP contribution < -0.4 is 0 Å². The van der Waals surface area contributed by atoms with Crippen molar-refractivity contribution in [3.05, 3.63) is 143 Å². The molecule has 0 saturated heterocycles. The monoisotopic (exact) mass is 464 g/mol. The third kappa shape index (κ3) is 13.2. The van der Waals surface area contributed by atoms with Crippen molar-refractivity contribution in [2.75, 3.05) is 0 Å². The molecule has 0 spiro atoms. The highest BCUT2D eigenvalue weighted by atomic mass is 32.1. The highest BCUT2D eigenvalue weighted by Crippen LogP contribution is 2.19. The predicted molar refractivity (Wildman–Crippen MR) is 155 cm³/mol. The second-order valence-electron chi connectivity index (χ2n) is 8.27. The van der Waals surface area contributed by atoms with E-state index in [1.165, 1.54) is 16.7 Å². The summed E-state index contributed by atoms with van der Waals surface area (Å²) in [5, 5.41) is 0. The number of rotatable bonds is 4.